The van der Waals surface area contributed by atoms with Gasteiger partial charge in [0.05, 0.1) is 12.7 Å². The Morgan fingerprint density at radius 3 is 2.94 bits per heavy atom. The predicted octanol–water partition coefficient (Wildman–Crippen LogP) is 1.74. The van der Waals surface area contributed by atoms with E-state index in [1.807, 2.05) is 13.0 Å². The first-order valence-electron chi connectivity index (χ1n) is 6.31. The van der Waals surface area contributed by atoms with E-state index in [1.165, 1.54) is 13.2 Å². The zero-order valence-electron chi connectivity index (χ0n) is 10.9. The van der Waals surface area contributed by atoms with Crippen LogP contribution in [0.4, 0.5) is 4.39 Å². The van der Waals surface area contributed by atoms with Crippen LogP contribution in [0.25, 0.3) is 0 Å². The van der Waals surface area contributed by atoms with Gasteiger partial charge in [-0.15, -0.1) is 0 Å². The molecule has 1 aromatic rings. The Morgan fingerprint density at radius 2 is 2.33 bits per heavy atom. The Balaban J connectivity index is 2.15. The zero-order chi connectivity index (χ0) is 13.2. The Hall–Kier alpha value is -1.13. The fourth-order valence-electron chi connectivity index (χ4n) is 2.50. The maximum atomic E-state index is 13.6. The molecule has 0 radical (unpaired) electrons. The summed E-state index contributed by atoms with van der Waals surface area (Å²) in [5.74, 6) is 0.0284. The van der Waals surface area contributed by atoms with Gasteiger partial charge in [-0.3, -0.25) is 0 Å². The Kier molecular flexibility index (Phi) is 3.88. The van der Waals surface area contributed by atoms with Gasteiger partial charge in [-0.1, -0.05) is 13.0 Å². The summed E-state index contributed by atoms with van der Waals surface area (Å²) < 4.78 is 18.5. The number of benzene rings is 1. The molecule has 1 aromatic carbocycles. The van der Waals surface area contributed by atoms with Gasteiger partial charge < -0.3 is 15.2 Å². The highest BCUT2D eigenvalue weighted by Gasteiger charge is 2.36. The minimum Gasteiger partial charge on any atom is -0.494 e. The number of piperidine rings is 1. The molecule has 1 aliphatic heterocycles. The van der Waals surface area contributed by atoms with Gasteiger partial charge in [-0.05, 0) is 36.6 Å². The van der Waals surface area contributed by atoms with Crippen molar-refractivity contribution in [1.29, 1.82) is 0 Å². The lowest BCUT2D eigenvalue weighted by atomic mass is 9.78. The number of ether oxygens (including phenoxy) is 1. The standard InChI is InChI=1S/C14H20FNO2/c1-10-9-16-6-5-14(10,17)8-11-3-4-13(18-2)12(15)7-11/h3-4,7,10,16-17H,5-6,8-9H2,1-2H3. The number of halogens is 1. The molecule has 2 rings (SSSR count). The molecule has 0 aromatic heterocycles. The SMILES string of the molecule is COc1ccc(CC2(O)CCNCC2C)cc1F. The highest BCUT2D eigenvalue weighted by Crippen LogP contribution is 2.29. The Labute approximate surface area is 107 Å². The van der Waals surface area contributed by atoms with Crippen LogP contribution in [0.5, 0.6) is 5.75 Å². The largest absolute Gasteiger partial charge is 0.494 e. The van der Waals surface area contributed by atoms with E-state index in [0.717, 1.165) is 18.7 Å². The maximum Gasteiger partial charge on any atom is 0.165 e. The van der Waals surface area contributed by atoms with Gasteiger partial charge in [0.2, 0.25) is 0 Å². The van der Waals surface area contributed by atoms with E-state index < -0.39 is 5.60 Å². The topological polar surface area (TPSA) is 41.5 Å². The third-order valence-electron chi connectivity index (χ3n) is 3.83. The quantitative estimate of drug-likeness (QED) is 0.862. The minimum atomic E-state index is -0.744. The molecule has 18 heavy (non-hydrogen) atoms. The normalized spacial score (nSPS) is 28.1. The molecule has 2 N–H and O–H groups in total. The first-order valence-corrected chi connectivity index (χ1v) is 6.31. The summed E-state index contributed by atoms with van der Waals surface area (Å²) in [6.45, 7) is 3.63. The number of methoxy groups -OCH3 is 1. The molecule has 4 heteroatoms. The molecule has 1 fully saturated rings. The molecular formula is C14H20FNO2. The first kappa shape index (κ1) is 13.3. The summed E-state index contributed by atoms with van der Waals surface area (Å²) in [6.07, 6.45) is 1.18. The lowest BCUT2D eigenvalue weighted by Crippen LogP contribution is -2.50. The van der Waals surface area contributed by atoms with Crippen molar-refractivity contribution in [2.24, 2.45) is 5.92 Å². The van der Waals surface area contributed by atoms with Crippen LogP contribution in [0, 0.1) is 11.7 Å². The Morgan fingerprint density at radius 1 is 1.56 bits per heavy atom. The highest BCUT2D eigenvalue weighted by molar-refractivity contribution is 5.30. The van der Waals surface area contributed by atoms with Gasteiger partial charge in [-0.25, -0.2) is 4.39 Å². The number of aliphatic hydroxyl groups is 1. The van der Waals surface area contributed by atoms with Crippen LogP contribution in [-0.2, 0) is 6.42 Å². The monoisotopic (exact) mass is 253 g/mol. The van der Waals surface area contributed by atoms with Crippen LogP contribution in [0.3, 0.4) is 0 Å². The van der Waals surface area contributed by atoms with Crippen LogP contribution in [0.1, 0.15) is 18.9 Å². The smallest absolute Gasteiger partial charge is 0.165 e. The molecule has 3 nitrogen and oxygen atoms in total. The summed E-state index contributed by atoms with van der Waals surface area (Å²) in [5, 5.41) is 13.9. The van der Waals surface area contributed by atoms with Gasteiger partial charge in [0, 0.05) is 13.0 Å². The fourth-order valence-corrected chi connectivity index (χ4v) is 2.50. The van der Waals surface area contributed by atoms with Crippen molar-refractivity contribution < 1.29 is 14.2 Å². The van der Waals surface area contributed by atoms with E-state index in [-0.39, 0.29) is 17.5 Å². The van der Waals surface area contributed by atoms with Crippen LogP contribution >= 0.6 is 0 Å². The van der Waals surface area contributed by atoms with Gasteiger partial charge in [0.15, 0.2) is 11.6 Å². The number of rotatable bonds is 3. The second kappa shape index (κ2) is 5.24. The van der Waals surface area contributed by atoms with Gasteiger partial charge in [0.25, 0.3) is 0 Å². The molecule has 1 aliphatic rings. The predicted molar refractivity (Wildman–Crippen MR) is 68.3 cm³/mol. The molecule has 0 spiro atoms. The minimum absolute atomic E-state index is 0.163. The molecule has 0 aliphatic carbocycles. The van der Waals surface area contributed by atoms with E-state index in [9.17, 15) is 9.50 Å². The van der Waals surface area contributed by atoms with E-state index in [1.54, 1.807) is 6.07 Å². The molecule has 0 saturated carbocycles. The van der Waals surface area contributed by atoms with Crippen molar-refractivity contribution in [3.05, 3.63) is 29.6 Å². The van der Waals surface area contributed by atoms with Gasteiger partial charge in [-0.2, -0.15) is 0 Å². The van der Waals surface area contributed by atoms with Crippen LogP contribution < -0.4 is 10.1 Å². The molecule has 1 saturated heterocycles. The van der Waals surface area contributed by atoms with Gasteiger partial charge in [0.1, 0.15) is 0 Å². The molecule has 2 atom stereocenters. The second-order valence-corrected chi connectivity index (χ2v) is 5.10. The molecular weight excluding hydrogens is 233 g/mol. The zero-order valence-corrected chi connectivity index (χ0v) is 10.9. The van der Waals surface area contributed by atoms with Crippen molar-refractivity contribution in [3.63, 3.8) is 0 Å². The van der Waals surface area contributed by atoms with Crippen LogP contribution in [-0.4, -0.2) is 30.9 Å². The fraction of sp³-hybridized carbons (Fsp3) is 0.571. The van der Waals surface area contributed by atoms with Crippen LogP contribution in [0.2, 0.25) is 0 Å². The van der Waals surface area contributed by atoms with E-state index in [4.69, 9.17) is 4.74 Å². The van der Waals surface area contributed by atoms with Crippen LogP contribution in [0.15, 0.2) is 18.2 Å². The lowest BCUT2D eigenvalue weighted by molar-refractivity contribution is -0.0330. The number of hydrogen-bond donors (Lipinski definition) is 2. The number of nitrogens with one attached hydrogen (secondary N) is 1. The highest BCUT2D eigenvalue weighted by atomic mass is 19.1. The Bertz CT molecular complexity index is 424. The first-order chi connectivity index (χ1) is 8.55. The van der Waals surface area contributed by atoms with E-state index in [0.29, 0.717) is 12.8 Å². The van der Waals surface area contributed by atoms with Crippen molar-refractivity contribution in [1.82, 2.24) is 5.32 Å². The molecule has 100 valence electrons. The van der Waals surface area contributed by atoms with E-state index >= 15 is 0 Å². The summed E-state index contributed by atoms with van der Waals surface area (Å²) in [7, 11) is 1.44. The third-order valence-corrected chi connectivity index (χ3v) is 3.83. The van der Waals surface area contributed by atoms with Crippen molar-refractivity contribution in [3.8, 4) is 5.75 Å². The summed E-state index contributed by atoms with van der Waals surface area (Å²) in [5.41, 5.74) is 0.0660. The average molecular weight is 253 g/mol. The maximum absolute atomic E-state index is 13.6. The summed E-state index contributed by atoms with van der Waals surface area (Å²) >= 11 is 0. The summed E-state index contributed by atoms with van der Waals surface area (Å²) in [6, 6.07) is 4.87. The van der Waals surface area contributed by atoms with Crippen molar-refractivity contribution in [2.75, 3.05) is 20.2 Å². The molecule has 0 amide bonds. The number of hydrogen-bond acceptors (Lipinski definition) is 3. The van der Waals surface area contributed by atoms with Crippen molar-refractivity contribution >= 4 is 0 Å². The van der Waals surface area contributed by atoms with Gasteiger partial charge >= 0.3 is 0 Å². The average Bonchev–Trinajstić information content (AvgIpc) is 2.33. The van der Waals surface area contributed by atoms with Crippen molar-refractivity contribution in [2.45, 2.75) is 25.4 Å². The van der Waals surface area contributed by atoms with E-state index in [2.05, 4.69) is 5.32 Å². The summed E-state index contributed by atoms with van der Waals surface area (Å²) in [4.78, 5) is 0. The third kappa shape index (κ3) is 2.65. The molecule has 2 unspecified atom stereocenters. The lowest BCUT2D eigenvalue weighted by Gasteiger charge is -2.38. The molecule has 1 heterocycles. The molecule has 0 bridgehead atoms. The second-order valence-electron chi connectivity index (χ2n) is 5.10.